The van der Waals surface area contributed by atoms with E-state index in [1.54, 1.807) is 43.6 Å². The average Bonchev–Trinajstić information content (AvgIpc) is 3.33. The van der Waals surface area contributed by atoms with Gasteiger partial charge in [0.1, 0.15) is 11.4 Å². The molecule has 0 atom stereocenters. The monoisotopic (exact) mass is 283 g/mol. The molecule has 0 spiro atoms. The SMILES string of the molecule is COc1ccc(NC(=O)c2ccc(NC3CC3)cn2)cc1. The molecule has 21 heavy (non-hydrogen) atoms. The molecule has 0 radical (unpaired) electrons. The van der Waals surface area contributed by atoms with Gasteiger partial charge in [-0.2, -0.15) is 0 Å². The first kappa shape index (κ1) is 13.4. The van der Waals surface area contributed by atoms with Gasteiger partial charge in [-0.25, -0.2) is 4.98 Å². The van der Waals surface area contributed by atoms with Crippen LogP contribution >= 0.6 is 0 Å². The quantitative estimate of drug-likeness (QED) is 0.885. The molecule has 108 valence electrons. The molecule has 0 saturated heterocycles. The third-order valence-electron chi connectivity index (χ3n) is 3.29. The van der Waals surface area contributed by atoms with Gasteiger partial charge in [-0.05, 0) is 49.2 Å². The van der Waals surface area contributed by atoms with Crippen LogP contribution in [0.1, 0.15) is 23.3 Å². The lowest BCUT2D eigenvalue weighted by atomic mass is 10.2. The van der Waals surface area contributed by atoms with E-state index in [-0.39, 0.29) is 5.91 Å². The van der Waals surface area contributed by atoms with Gasteiger partial charge in [-0.15, -0.1) is 0 Å². The van der Waals surface area contributed by atoms with Crippen molar-refractivity contribution in [2.45, 2.75) is 18.9 Å². The van der Waals surface area contributed by atoms with Crippen LogP contribution in [0.15, 0.2) is 42.6 Å². The number of benzene rings is 1. The van der Waals surface area contributed by atoms with Crippen molar-refractivity contribution >= 4 is 17.3 Å². The van der Waals surface area contributed by atoms with Crippen molar-refractivity contribution in [3.05, 3.63) is 48.3 Å². The van der Waals surface area contributed by atoms with E-state index in [1.807, 2.05) is 6.07 Å². The van der Waals surface area contributed by atoms with Crippen LogP contribution in [0.25, 0.3) is 0 Å². The molecule has 1 aromatic carbocycles. The van der Waals surface area contributed by atoms with Gasteiger partial charge in [0.25, 0.3) is 5.91 Å². The lowest BCUT2D eigenvalue weighted by molar-refractivity contribution is 0.102. The second-order valence-corrected chi connectivity index (χ2v) is 5.03. The Kier molecular flexibility index (Phi) is 3.73. The number of ether oxygens (including phenoxy) is 1. The molecule has 1 aromatic heterocycles. The number of amides is 1. The largest absolute Gasteiger partial charge is 0.497 e. The maximum Gasteiger partial charge on any atom is 0.274 e. The number of pyridine rings is 1. The molecule has 3 rings (SSSR count). The molecule has 1 fully saturated rings. The minimum Gasteiger partial charge on any atom is -0.497 e. The number of nitrogens with zero attached hydrogens (tertiary/aromatic N) is 1. The molecular formula is C16H17N3O2. The summed E-state index contributed by atoms with van der Waals surface area (Å²) in [4.78, 5) is 16.3. The zero-order valence-corrected chi connectivity index (χ0v) is 11.8. The van der Waals surface area contributed by atoms with Crippen LogP contribution in [-0.4, -0.2) is 24.0 Å². The molecule has 0 bridgehead atoms. The van der Waals surface area contributed by atoms with E-state index in [1.165, 1.54) is 12.8 Å². The number of hydrogen-bond acceptors (Lipinski definition) is 4. The Morgan fingerprint density at radius 1 is 1.14 bits per heavy atom. The number of carbonyl (C=O) groups excluding carboxylic acids is 1. The number of hydrogen-bond donors (Lipinski definition) is 2. The number of methoxy groups -OCH3 is 1. The van der Waals surface area contributed by atoms with Gasteiger partial charge in [-0.1, -0.05) is 0 Å². The zero-order chi connectivity index (χ0) is 14.7. The Bertz CT molecular complexity index is 619. The molecule has 2 N–H and O–H groups in total. The highest BCUT2D eigenvalue weighted by Crippen LogP contribution is 2.24. The molecule has 1 aliphatic rings. The lowest BCUT2D eigenvalue weighted by Crippen LogP contribution is -2.13. The first-order chi connectivity index (χ1) is 10.2. The van der Waals surface area contributed by atoms with Crippen molar-refractivity contribution in [1.82, 2.24) is 4.98 Å². The summed E-state index contributed by atoms with van der Waals surface area (Å²) in [5.41, 5.74) is 2.06. The Balaban J connectivity index is 1.63. The van der Waals surface area contributed by atoms with Crippen LogP contribution < -0.4 is 15.4 Å². The Hall–Kier alpha value is -2.56. The van der Waals surface area contributed by atoms with E-state index < -0.39 is 0 Å². The Morgan fingerprint density at radius 2 is 1.86 bits per heavy atom. The first-order valence-corrected chi connectivity index (χ1v) is 6.92. The fraction of sp³-hybridized carbons (Fsp3) is 0.250. The lowest BCUT2D eigenvalue weighted by Gasteiger charge is -2.07. The molecule has 1 saturated carbocycles. The summed E-state index contributed by atoms with van der Waals surface area (Å²) < 4.78 is 5.08. The van der Waals surface area contributed by atoms with Gasteiger partial charge >= 0.3 is 0 Å². The summed E-state index contributed by atoms with van der Waals surface area (Å²) in [7, 11) is 1.61. The normalized spacial score (nSPS) is 13.6. The number of aromatic nitrogens is 1. The third kappa shape index (κ3) is 3.51. The average molecular weight is 283 g/mol. The highest BCUT2D eigenvalue weighted by molar-refractivity contribution is 6.02. The summed E-state index contributed by atoms with van der Waals surface area (Å²) >= 11 is 0. The zero-order valence-electron chi connectivity index (χ0n) is 11.8. The van der Waals surface area contributed by atoms with E-state index >= 15 is 0 Å². The van der Waals surface area contributed by atoms with Gasteiger partial charge < -0.3 is 15.4 Å². The van der Waals surface area contributed by atoms with Gasteiger partial charge in [0.05, 0.1) is 19.0 Å². The number of nitrogens with one attached hydrogen (secondary N) is 2. The smallest absolute Gasteiger partial charge is 0.274 e. The van der Waals surface area contributed by atoms with E-state index in [0.717, 1.165) is 11.4 Å². The second-order valence-electron chi connectivity index (χ2n) is 5.03. The fourth-order valence-corrected chi connectivity index (χ4v) is 1.95. The van der Waals surface area contributed by atoms with Crippen LogP contribution in [0.5, 0.6) is 5.75 Å². The van der Waals surface area contributed by atoms with Crippen molar-refractivity contribution in [2.24, 2.45) is 0 Å². The number of rotatable bonds is 5. The second kappa shape index (κ2) is 5.83. The van der Waals surface area contributed by atoms with Crippen LogP contribution in [0, 0.1) is 0 Å². The van der Waals surface area contributed by atoms with Crippen LogP contribution in [0.2, 0.25) is 0 Å². The van der Waals surface area contributed by atoms with Crippen molar-refractivity contribution < 1.29 is 9.53 Å². The van der Waals surface area contributed by atoms with E-state index in [2.05, 4.69) is 15.6 Å². The van der Waals surface area contributed by atoms with Crippen molar-refractivity contribution in [3.8, 4) is 5.75 Å². The molecule has 1 heterocycles. The Labute approximate surface area is 123 Å². The van der Waals surface area contributed by atoms with E-state index in [0.29, 0.717) is 17.4 Å². The molecular weight excluding hydrogens is 266 g/mol. The van der Waals surface area contributed by atoms with Gasteiger partial charge in [0.2, 0.25) is 0 Å². The summed E-state index contributed by atoms with van der Waals surface area (Å²) in [6.45, 7) is 0. The Morgan fingerprint density at radius 3 is 2.43 bits per heavy atom. The maximum absolute atomic E-state index is 12.1. The standard InChI is InChI=1S/C16H17N3O2/c1-21-14-7-4-12(5-8-14)19-16(20)15-9-6-13(10-17-15)18-11-2-3-11/h4-11,18H,2-3H2,1H3,(H,19,20). The van der Waals surface area contributed by atoms with Crippen LogP contribution in [0.4, 0.5) is 11.4 Å². The summed E-state index contributed by atoms with van der Waals surface area (Å²) in [5, 5.41) is 6.14. The molecule has 2 aromatic rings. The number of carbonyl (C=O) groups is 1. The van der Waals surface area contributed by atoms with Gasteiger partial charge in [-0.3, -0.25) is 4.79 Å². The van der Waals surface area contributed by atoms with Crippen LogP contribution in [-0.2, 0) is 0 Å². The van der Waals surface area contributed by atoms with Crippen LogP contribution in [0.3, 0.4) is 0 Å². The molecule has 5 nitrogen and oxygen atoms in total. The highest BCUT2D eigenvalue weighted by atomic mass is 16.5. The van der Waals surface area contributed by atoms with E-state index in [4.69, 9.17) is 4.74 Å². The minimum absolute atomic E-state index is 0.224. The number of anilines is 2. The highest BCUT2D eigenvalue weighted by Gasteiger charge is 2.20. The summed E-state index contributed by atoms with van der Waals surface area (Å²) in [6, 6.07) is 11.4. The first-order valence-electron chi connectivity index (χ1n) is 6.92. The van der Waals surface area contributed by atoms with Gasteiger partial charge in [0.15, 0.2) is 0 Å². The predicted octanol–water partition coefficient (Wildman–Crippen LogP) is 2.92. The van der Waals surface area contributed by atoms with Gasteiger partial charge in [0, 0.05) is 11.7 Å². The molecule has 5 heteroatoms. The van der Waals surface area contributed by atoms with Crippen molar-refractivity contribution in [2.75, 3.05) is 17.7 Å². The van der Waals surface area contributed by atoms with Crippen molar-refractivity contribution in [1.29, 1.82) is 0 Å². The maximum atomic E-state index is 12.1. The molecule has 1 aliphatic carbocycles. The fourth-order valence-electron chi connectivity index (χ4n) is 1.95. The minimum atomic E-state index is -0.224. The third-order valence-corrected chi connectivity index (χ3v) is 3.29. The van der Waals surface area contributed by atoms with E-state index in [9.17, 15) is 4.79 Å². The molecule has 0 unspecified atom stereocenters. The topological polar surface area (TPSA) is 63.2 Å². The van der Waals surface area contributed by atoms with Crippen molar-refractivity contribution in [3.63, 3.8) is 0 Å². The summed E-state index contributed by atoms with van der Waals surface area (Å²) in [6.07, 6.45) is 4.11. The molecule has 1 amide bonds. The molecule has 0 aliphatic heterocycles. The predicted molar refractivity (Wildman–Crippen MR) is 81.8 cm³/mol. The summed E-state index contributed by atoms with van der Waals surface area (Å²) in [5.74, 6) is 0.528.